The first kappa shape index (κ1) is 23.9. The van der Waals surface area contributed by atoms with Crippen LogP contribution in [0.2, 0.25) is 0 Å². The van der Waals surface area contributed by atoms with Crippen LogP contribution in [-0.2, 0) is 20.9 Å². The molecule has 0 saturated heterocycles. The van der Waals surface area contributed by atoms with Crippen LogP contribution in [0.15, 0.2) is 77.8 Å². The molecule has 0 saturated carbocycles. The first-order valence-corrected chi connectivity index (χ1v) is 11.7. The number of nitrogens with zero attached hydrogens (tertiary/aromatic N) is 2. The molecule has 0 unspecified atom stereocenters. The van der Waals surface area contributed by atoms with Crippen LogP contribution in [0.1, 0.15) is 24.2 Å². The zero-order valence-corrected chi connectivity index (χ0v) is 20.0. The van der Waals surface area contributed by atoms with Crippen molar-refractivity contribution in [1.29, 1.82) is 0 Å². The average Bonchev–Trinajstić information content (AvgIpc) is 3.15. The molecule has 35 heavy (non-hydrogen) atoms. The third kappa shape index (κ3) is 5.82. The van der Waals surface area contributed by atoms with Gasteiger partial charge < -0.3 is 19.4 Å². The van der Waals surface area contributed by atoms with E-state index in [4.69, 9.17) is 9.47 Å². The first-order valence-electron chi connectivity index (χ1n) is 10.9. The van der Waals surface area contributed by atoms with Crippen LogP contribution in [0.5, 0.6) is 11.5 Å². The smallest absolute Gasteiger partial charge is 0.326 e. The first-order chi connectivity index (χ1) is 16.9. The van der Waals surface area contributed by atoms with Crippen molar-refractivity contribution in [2.45, 2.75) is 20.4 Å². The Morgan fingerprint density at radius 2 is 1.74 bits per heavy atom. The van der Waals surface area contributed by atoms with Gasteiger partial charge in [0, 0.05) is 12.6 Å². The number of aromatic nitrogens is 1. The molecule has 0 atom stereocenters. The third-order valence-corrected chi connectivity index (χ3v) is 5.92. The van der Waals surface area contributed by atoms with Crippen molar-refractivity contribution in [3.05, 3.63) is 83.2 Å². The van der Waals surface area contributed by atoms with E-state index in [1.807, 2.05) is 18.2 Å². The Bertz CT molecular complexity index is 1460. The number of hydrogen-bond donors (Lipinski definition) is 1. The normalized spacial score (nSPS) is 11.3. The number of para-hydroxylation sites is 2. The molecule has 0 aliphatic carbocycles. The summed E-state index contributed by atoms with van der Waals surface area (Å²) in [5.74, 6) is -0.186. The van der Waals surface area contributed by atoms with Crippen molar-refractivity contribution in [2.24, 2.45) is 4.99 Å². The van der Waals surface area contributed by atoms with Gasteiger partial charge in [-0.2, -0.15) is 4.99 Å². The summed E-state index contributed by atoms with van der Waals surface area (Å²) >= 11 is 1.23. The van der Waals surface area contributed by atoms with Crippen LogP contribution in [0.25, 0.3) is 10.2 Å². The standard InChI is InChI=1S/C26H23N3O5S/c1-3-33-24(31)16-29-21-14-13-18(27-17(2)30)15-23(21)35-26(29)28-25(32)20-11-7-8-12-22(20)34-19-9-5-4-6-10-19/h4-15H,3,16H2,1-2H3,(H,27,30). The zero-order valence-electron chi connectivity index (χ0n) is 19.2. The number of fused-ring (bicyclic) bond motifs is 1. The summed E-state index contributed by atoms with van der Waals surface area (Å²) in [6.07, 6.45) is 0. The number of rotatable bonds is 7. The van der Waals surface area contributed by atoms with Gasteiger partial charge in [-0.3, -0.25) is 14.4 Å². The number of benzene rings is 3. The van der Waals surface area contributed by atoms with Gasteiger partial charge in [-0.05, 0) is 49.4 Å². The molecule has 0 fully saturated rings. The predicted octanol–water partition coefficient (Wildman–Crippen LogP) is 4.76. The molecule has 178 valence electrons. The molecule has 0 aliphatic heterocycles. The van der Waals surface area contributed by atoms with Crippen molar-refractivity contribution in [3.8, 4) is 11.5 Å². The quantitative estimate of drug-likeness (QED) is 0.378. The number of hydrogen-bond acceptors (Lipinski definition) is 6. The van der Waals surface area contributed by atoms with Crippen molar-refractivity contribution in [1.82, 2.24) is 4.57 Å². The Balaban J connectivity index is 1.77. The van der Waals surface area contributed by atoms with Gasteiger partial charge >= 0.3 is 5.97 Å². The minimum absolute atomic E-state index is 0.110. The summed E-state index contributed by atoms with van der Waals surface area (Å²) in [6, 6.07) is 21.3. The second-order valence-electron chi connectivity index (χ2n) is 7.47. The topological polar surface area (TPSA) is 99.0 Å². The molecule has 0 spiro atoms. The maximum Gasteiger partial charge on any atom is 0.326 e. The number of amides is 2. The van der Waals surface area contributed by atoms with Crippen LogP contribution < -0.4 is 14.9 Å². The summed E-state index contributed by atoms with van der Waals surface area (Å²) in [7, 11) is 0. The lowest BCUT2D eigenvalue weighted by molar-refractivity contribution is -0.143. The largest absolute Gasteiger partial charge is 0.465 e. The molecule has 2 amide bonds. The highest BCUT2D eigenvalue weighted by atomic mass is 32.1. The molecule has 0 radical (unpaired) electrons. The minimum atomic E-state index is -0.511. The average molecular weight is 490 g/mol. The molecule has 4 aromatic rings. The van der Waals surface area contributed by atoms with Crippen LogP contribution in [0, 0.1) is 0 Å². The molecule has 0 bridgehead atoms. The van der Waals surface area contributed by atoms with E-state index in [1.54, 1.807) is 66.1 Å². The second kappa shape index (κ2) is 10.8. The Morgan fingerprint density at radius 3 is 2.49 bits per heavy atom. The fraction of sp³-hybridized carbons (Fsp3) is 0.154. The summed E-state index contributed by atoms with van der Waals surface area (Å²) in [6.45, 7) is 3.28. The van der Waals surface area contributed by atoms with Gasteiger partial charge in [-0.15, -0.1) is 0 Å². The number of carbonyl (C=O) groups is 3. The fourth-order valence-electron chi connectivity index (χ4n) is 3.42. The van der Waals surface area contributed by atoms with Crippen LogP contribution in [0.4, 0.5) is 5.69 Å². The maximum absolute atomic E-state index is 13.3. The summed E-state index contributed by atoms with van der Waals surface area (Å²) in [4.78, 5) is 41.7. The number of anilines is 1. The van der Waals surface area contributed by atoms with E-state index in [2.05, 4.69) is 10.3 Å². The summed E-state index contributed by atoms with van der Waals surface area (Å²) in [5, 5.41) is 2.74. The molecule has 4 rings (SSSR count). The molecule has 0 aliphatic rings. The van der Waals surface area contributed by atoms with Gasteiger partial charge in [-0.1, -0.05) is 41.7 Å². The Labute approximate surface area is 205 Å². The second-order valence-corrected chi connectivity index (χ2v) is 8.48. The van der Waals surface area contributed by atoms with E-state index < -0.39 is 11.9 Å². The maximum atomic E-state index is 13.3. The summed E-state index contributed by atoms with van der Waals surface area (Å²) < 4.78 is 13.4. The third-order valence-electron chi connectivity index (χ3n) is 4.88. The predicted molar refractivity (Wildman–Crippen MR) is 134 cm³/mol. The number of thiazole rings is 1. The lowest BCUT2D eigenvalue weighted by Gasteiger charge is -2.09. The highest BCUT2D eigenvalue weighted by molar-refractivity contribution is 7.16. The van der Waals surface area contributed by atoms with E-state index in [0.717, 1.165) is 4.70 Å². The van der Waals surface area contributed by atoms with Gasteiger partial charge in [-0.25, -0.2) is 0 Å². The SMILES string of the molecule is CCOC(=O)Cn1c(=NC(=O)c2ccccc2Oc2ccccc2)sc2cc(NC(C)=O)ccc21. The highest BCUT2D eigenvalue weighted by Gasteiger charge is 2.16. The number of esters is 1. The molecule has 8 nitrogen and oxygen atoms in total. The number of carbonyl (C=O) groups excluding carboxylic acids is 3. The van der Waals surface area contributed by atoms with Crippen molar-refractivity contribution in [3.63, 3.8) is 0 Å². The molecule has 1 N–H and O–H groups in total. The van der Waals surface area contributed by atoms with E-state index in [9.17, 15) is 14.4 Å². The van der Waals surface area contributed by atoms with Crippen molar-refractivity contribution < 1.29 is 23.9 Å². The van der Waals surface area contributed by atoms with Crippen LogP contribution in [0.3, 0.4) is 0 Å². The number of nitrogens with one attached hydrogen (secondary N) is 1. The fourth-order valence-corrected chi connectivity index (χ4v) is 4.49. The number of ether oxygens (including phenoxy) is 2. The zero-order chi connectivity index (χ0) is 24.8. The Morgan fingerprint density at radius 1 is 1.00 bits per heavy atom. The van der Waals surface area contributed by atoms with E-state index in [-0.39, 0.29) is 24.6 Å². The van der Waals surface area contributed by atoms with E-state index >= 15 is 0 Å². The van der Waals surface area contributed by atoms with Crippen molar-refractivity contribution in [2.75, 3.05) is 11.9 Å². The molecular formula is C26H23N3O5S. The summed E-state index contributed by atoms with van der Waals surface area (Å²) in [5.41, 5.74) is 1.59. The highest BCUT2D eigenvalue weighted by Crippen LogP contribution is 2.26. The molecular weight excluding hydrogens is 466 g/mol. The molecule has 3 aromatic carbocycles. The van der Waals surface area contributed by atoms with E-state index in [1.165, 1.54) is 18.3 Å². The van der Waals surface area contributed by atoms with E-state index in [0.29, 0.717) is 27.5 Å². The molecule has 9 heteroatoms. The van der Waals surface area contributed by atoms with Crippen LogP contribution >= 0.6 is 11.3 Å². The lowest BCUT2D eigenvalue weighted by Crippen LogP contribution is -2.23. The van der Waals surface area contributed by atoms with Gasteiger partial charge in [0.1, 0.15) is 18.0 Å². The van der Waals surface area contributed by atoms with Crippen LogP contribution in [-0.4, -0.2) is 29.0 Å². The van der Waals surface area contributed by atoms with Gasteiger partial charge in [0.25, 0.3) is 5.91 Å². The van der Waals surface area contributed by atoms with Gasteiger partial charge in [0.15, 0.2) is 4.80 Å². The monoisotopic (exact) mass is 489 g/mol. The molecule has 1 heterocycles. The Kier molecular flexibility index (Phi) is 7.37. The Hall–Kier alpha value is -4.24. The van der Waals surface area contributed by atoms with Gasteiger partial charge in [0.2, 0.25) is 5.91 Å². The minimum Gasteiger partial charge on any atom is -0.465 e. The molecule has 1 aromatic heterocycles. The van der Waals surface area contributed by atoms with Gasteiger partial charge in [0.05, 0.1) is 22.4 Å². The van der Waals surface area contributed by atoms with Crippen molar-refractivity contribution >= 4 is 45.0 Å². The lowest BCUT2D eigenvalue weighted by atomic mass is 10.2.